The zero-order valence-electron chi connectivity index (χ0n) is 14.0. The smallest absolute Gasteiger partial charge is 0.224 e. The third-order valence-electron chi connectivity index (χ3n) is 3.38. The number of carbonyl (C=O) groups is 1. The molecule has 0 bridgehead atoms. The minimum atomic E-state index is -0.0378. The van der Waals surface area contributed by atoms with Crippen molar-refractivity contribution in [2.45, 2.75) is 26.8 Å². The molecule has 0 aliphatic heterocycles. The minimum absolute atomic E-state index is 0.0378. The Bertz CT molecular complexity index is 671. The van der Waals surface area contributed by atoms with Gasteiger partial charge in [0.05, 0.1) is 19.6 Å². The molecular formula is C19H22ClNO3. The van der Waals surface area contributed by atoms with Crippen molar-refractivity contribution in [1.29, 1.82) is 0 Å². The maximum absolute atomic E-state index is 12.1. The normalized spacial score (nSPS) is 10.3. The van der Waals surface area contributed by atoms with Gasteiger partial charge in [-0.05, 0) is 49.2 Å². The number of hydrogen-bond acceptors (Lipinski definition) is 3. The van der Waals surface area contributed by atoms with Gasteiger partial charge >= 0.3 is 0 Å². The average molecular weight is 348 g/mol. The maximum atomic E-state index is 12.1. The van der Waals surface area contributed by atoms with E-state index in [0.29, 0.717) is 37.0 Å². The lowest BCUT2D eigenvalue weighted by atomic mass is 10.1. The van der Waals surface area contributed by atoms with Crippen molar-refractivity contribution in [1.82, 2.24) is 5.32 Å². The molecule has 0 aliphatic carbocycles. The van der Waals surface area contributed by atoms with Crippen molar-refractivity contribution in [3.63, 3.8) is 0 Å². The van der Waals surface area contributed by atoms with E-state index in [1.165, 1.54) is 0 Å². The van der Waals surface area contributed by atoms with Gasteiger partial charge in [0, 0.05) is 11.6 Å². The fourth-order valence-corrected chi connectivity index (χ4v) is 2.38. The summed E-state index contributed by atoms with van der Waals surface area (Å²) in [6, 6.07) is 13.0. The Kier molecular flexibility index (Phi) is 6.94. The van der Waals surface area contributed by atoms with Gasteiger partial charge in [-0.2, -0.15) is 0 Å². The highest BCUT2D eigenvalue weighted by atomic mass is 35.5. The monoisotopic (exact) mass is 347 g/mol. The molecule has 0 saturated carbocycles. The Balaban J connectivity index is 1.94. The second kappa shape index (κ2) is 9.18. The SMILES string of the molecule is CCOc1ccc(CNC(=O)Cc2ccc(Cl)cc2)cc1OCC. The van der Waals surface area contributed by atoms with Crippen LogP contribution in [0, 0.1) is 0 Å². The number of benzene rings is 2. The molecule has 1 amide bonds. The van der Waals surface area contributed by atoms with E-state index < -0.39 is 0 Å². The Morgan fingerprint density at radius 1 is 0.958 bits per heavy atom. The molecule has 0 saturated heterocycles. The first-order valence-electron chi connectivity index (χ1n) is 8.02. The van der Waals surface area contributed by atoms with Crippen molar-refractivity contribution < 1.29 is 14.3 Å². The highest BCUT2D eigenvalue weighted by molar-refractivity contribution is 6.30. The standard InChI is InChI=1S/C19H22ClNO3/c1-3-23-17-10-7-15(11-18(17)24-4-2)13-21-19(22)12-14-5-8-16(20)9-6-14/h5-11H,3-4,12-13H2,1-2H3,(H,21,22). The number of carbonyl (C=O) groups excluding carboxylic acids is 1. The zero-order chi connectivity index (χ0) is 17.4. The molecule has 2 rings (SSSR count). The van der Waals surface area contributed by atoms with E-state index in [-0.39, 0.29) is 5.91 Å². The number of halogens is 1. The van der Waals surface area contributed by atoms with Gasteiger partial charge in [0.15, 0.2) is 11.5 Å². The predicted molar refractivity (Wildman–Crippen MR) is 95.8 cm³/mol. The molecule has 128 valence electrons. The number of hydrogen-bond donors (Lipinski definition) is 1. The molecule has 0 atom stereocenters. The van der Waals surface area contributed by atoms with Crippen LogP contribution in [0.3, 0.4) is 0 Å². The Labute approximate surface area is 147 Å². The molecule has 0 unspecified atom stereocenters. The van der Waals surface area contributed by atoms with E-state index >= 15 is 0 Å². The molecule has 1 N–H and O–H groups in total. The Hall–Kier alpha value is -2.20. The van der Waals surface area contributed by atoms with Crippen LogP contribution in [0.15, 0.2) is 42.5 Å². The van der Waals surface area contributed by atoms with Gasteiger partial charge in [-0.25, -0.2) is 0 Å². The zero-order valence-corrected chi connectivity index (χ0v) is 14.7. The highest BCUT2D eigenvalue weighted by Gasteiger charge is 2.08. The molecule has 0 aliphatic rings. The fraction of sp³-hybridized carbons (Fsp3) is 0.316. The largest absolute Gasteiger partial charge is 0.490 e. The van der Waals surface area contributed by atoms with Gasteiger partial charge in [-0.3, -0.25) is 4.79 Å². The molecule has 5 heteroatoms. The molecule has 0 spiro atoms. The fourth-order valence-electron chi connectivity index (χ4n) is 2.26. The molecule has 0 fully saturated rings. The first-order valence-corrected chi connectivity index (χ1v) is 8.39. The van der Waals surface area contributed by atoms with Crippen molar-refractivity contribution in [3.05, 3.63) is 58.6 Å². The summed E-state index contributed by atoms with van der Waals surface area (Å²) in [5, 5.41) is 3.58. The third-order valence-corrected chi connectivity index (χ3v) is 3.63. The van der Waals surface area contributed by atoms with E-state index in [9.17, 15) is 4.79 Å². The summed E-state index contributed by atoms with van der Waals surface area (Å²) in [5.74, 6) is 1.38. The van der Waals surface area contributed by atoms with Crippen LogP contribution in [0.4, 0.5) is 0 Å². The Morgan fingerprint density at radius 3 is 2.25 bits per heavy atom. The lowest BCUT2D eigenvalue weighted by Crippen LogP contribution is -2.24. The minimum Gasteiger partial charge on any atom is -0.490 e. The molecule has 2 aromatic carbocycles. The summed E-state index contributed by atoms with van der Waals surface area (Å²) in [6.07, 6.45) is 0.326. The lowest BCUT2D eigenvalue weighted by Gasteiger charge is -2.13. The van der Waals surface area contributed by atoms with E-state index in [2.05, 4.69) is 5.32 Å². The highest BCUT2D eigenvalue weighted by Crippen LogP contribution is 2.28. The predicted octanol–water partition coefficient (Wildman–Crippen LogP) is 4.00. The van der Waals surface area contributed by atoms with Crippen molar-refractivity contribution in [3.8, 4) is 11.5 Å². The Morgan fingerprint density at radius 2 is 1.58 bits per heavy atom. The van der Waals surface area contributed by atoms with Crippen LogP contribution in [-0.2, 0) is 17.8 Å². The third kappa shape index (κ3) is 5.46. The van der Waals surface area contributed by atoms with Crippen molar-refractivity contribution in [2.75, 3.05) is 13.2 Å². The second-order valence-corrected chi connectivity index (χ2v) is 5.66. The summed E-state index contributed by atoms with van der Waals surface area (Å²) in [4.78, 5) is 12.1. The van der Waals surface area contributed by atoms with E-state index in [0.717, 1.165) is 16.9 Å². The number of nitrogens with one attached hydrogen (secondary N) is 1. The van der Waals surface area contributed by atoms with Crippen LogP contribution in [0.1, 0.15) is 25.0 Å². The summed E-state index contributed by atoms with van der Waals surface area (Å²) in [5.41, 5.74) is 1.89. The van der Waals surface area contributed by atoms with Crippen LogP contribution in [0.5, 0.6) is 11.5 Å². The van der Waals surface area contributed by atoms with Crippen LogP contribution >= 0.6 is 11.6 Å². The van der Waals surface area contributed by atoms with Gasteiger partial charge in [-0.15, -0.1) is 0 Å². The summed E-state index contributed by atoms with van der Waals surface area (Å²) < 4.78 is 11.1. The van der Waals surface area contributed by atoms with Gasteiger partial charge in [0.2, 0.25) is 5.91 Å². The molecule has 0 radical (unpaired) electrons. The average Bonchev–Trinajstić information content (AvgIpc) is 2.57. The van der Waals surface area contributed by atoms with Gasteiger partial charge < -0.3 is 14.8 Å². The molecule has 4 nitrogen and oxygen atoms in total. The molecular weight excluding hydrogens is 326 g/mol. The van der Waals surface area contributed by atoms with Crippen molar-refractivity contribution in [2.24, 2.45) is 0 Å². The van der Waals surface area contributed by atoms with Gasteiger partial charge in [0.25, 0.3) is 0 Å². The van der Waals surface area contributed by atoms with Crippen LogP contribution in [0.2, 0.25) is 5.02 Å². The van der Waals surface area contributed by atoms with Crippen LogP contribution in [-0.4, -0.2) is 19.1 Å². The van der Waals surface area contributed by atoms with E-state index in [1.807, 2.05) is 44.2 Å². The van der Waals surface area contributed by atoms with E-state index in [1.54, 1.807) is 12.1 Å². The quantitative estimate of drug-likeness (QED) is 0.785. The molecule has 0 heterocycles. The maximum Gasteiger partial charge on any atom is 0.224 e. The topological polar surface area (TPSA) is 47.6 Å². The number of amides is 1. The molecule has 24 heavy (non-hydrogen) atoms. The first kappa shape index (κ1) is 18.1. The first-order chi connectivity index (χ1) is 11.6. The lowest BCUT2D eigenvalue weighted by molar-refractivity contribution is -0.120. The summed E-state index contributed by atoms with van der Waals surface area (Å²) in [6.45, 7) is 5.44. The second-order valence-electron chi connectivity index (χ2n) is 5.23. The summed E-state index contributed by atoms with van der Waals surface area (Å²) >= 11 is 5.84. The summed E-state index contributed by atoms with van der Waals surface area (Å²) in [7, 11) is 0. The van der Waals surface area contributed by atoms with Gasteiger partial charge in [0.1, 0.15) is 0 Å². The van der Waals surface area contributed by atoms with Crippen LogP contribution < -0.4 is 14.8 Å². The number of ether oxygens (including phenoxy) is 2. The van der Waals surface area contributed by atoms with Crippen LogP contribution in [0.25, 0.3) is 0 Å². The number of rotatable bonds is 8. The van der Waals surface area contributed by atoms with E-state index in [4.69, 9.17) is 21.1 Å². The van der Waals surface area contributed by atoms with Crippen molar-refractivity contribution >= 4 is 17.5 Å². The molecule has 2 aromatic rings. The van der Waals surface area contributed by atoms with Gasteiger partial charge in [-0.1, -0.05) is 29.8 Å². The molecule has 0 aromatic heterocycles.